The van der Waals surface area contributed by atoms with Gasteiger partial charge in [-0.05, 0) is 44.1 Å². The van der Waals surface area contributed by atoms with Gasteiger partial charge >= 0.3 is 0 Å². The predicted octanol–water partition coefficient (Wildman–Crippen LogP) is 5.30. The van der Waals surface area contributed by atoms with Gasteiger partial charge in [0.2, 0.25) is 0 Å². The van der Waals surface area contributed by atoms with Gasteiger partial charge in [0.25, 0.3) is 0 Å². The normalized spacial score (nSPS) is 26.4. The van der Waals surface area contributed by atoms with E-state index in [1.807, 2.05) is 0 Å². The second-order valence-electron chi connectivity index (χ2n) is 6.94. The Balaban J connectivity index is 1.94. The van der Waals surface area contributed by atoms with Crippen LogP contribution in [0.1, 0.15) is 90.4 Å². The summed E-state index contributed by atoms with van der Waals surface area (Å²) in [6.07, 6.45) is 19.4. The van der Waals surface area contributed by atoms with Crippen LogP contribution in [0.3, 0.4) is 0 Å². The zero-order valence-corrected chi connectivity index (χ0v) is 13.1. The summed E-state index contributed by atoms with van der Waals surface area (Å²) < 4.78 is 0. The Morgan fingerprint density at radius 1 is 0.684 bits per heavy atom. The molecule has 2 saturated carbocycles. The first-order chi connectivity index (χ1) is 9.42. The van der Waals surface area contributed by atoms with Crippen molar-refractivity contribution < 1.29 is 0 Å². The van der Waals surface area contributed by atoms with Gasteiger partial charge < -0.3 is 5.32 Å². The summed E-state index contributed by atoms with van der Waals surface area (Å²) in [5.41, 5.74) is 0. The molecule has 0 aliphatic heterocycles. The summed E-state index contributed by atoms with van der Waals surface area (Å²) in [7, 11) is 0. The van der Waals surface area contributed by atoms with Crippen molar-refractivity contribution in [1.82, 2.24) is 5.32 Å². The molecule has 0 radical (unpaired) electrons. The highest BCUT2D eigenvalue weighted by molar-refractivity contribution is 4.85. The van der Waals surface area contributed by atoms with Gasteiger partial charge in [-0.3, -0.25) is 0 Å². The number of hydrogen-bond acceptors (Lipinski definition) is 1. The number of nitrogens with one attached hydrogen (secondary N) is 1. The molecule has 0 bridgehead atoms. The molecule has 1 atom stereocenters. The third kappa shape index (κ3) is 5.10. The van der Waals surface area contributed by atoms with Crippen LogP contribution in [0.2, 0.25) is 0 Å². The quantitative estimate of drug-likeness (QED) is 0.681. The van der Waals surface area contributed by atoms with Gasteiger partial charge in [-0.1, -0.05) is 64.7 Å². The fourth-order valence-electron chi connectivity index (χ4n) is 4.47. The molecule has 1 nitrogen and oxygen atoms in total. The summed E-state index contributed by atoms with van der Waals surface area (Å²) in [5, 5.41) is 3.90. The molecule has 0 aromatic heterocycles. The standard InChI is InChI=1S/C18H35N/c1-2-19-18(17-14-10-6-7-11-15-17)16-12-8-4-3-5-9-13-16/h16-19H,2-15H2,1H3. The fourth-order valence-corrected chi connectivity index (χ4v) is 4.47. The molecule has 0 aromatic rings. The minimum Gasteiger partial charge on any atom is -0.314 e. The van der Waals surface area contributed by atoms with Gasteiger partial charge in [0.1, 0.15) is 0 Å². The first-order valence-electron chi connectivity index (χ1n) is 9.15. The van der Waals surface area contributed by atoms with Gasteiger partial charge in [0.15, 0.2) is 0 Å². The Kier molecular flexibility index (Phi) is 7.27. The highest BCUT2D eigenvalue weighted by atomic mass is 14.9. The van der Waals surface area contributed by atoms with E-state index in [2.05, 4.69) is 12.2 Å². The van der Waals surface area contributed by atoms with Crippen LogP contribution in [0.5, 0.6) is 0 Å². The molecule has 0 spiro atoms. The molecule has 2 aliphatic rings. The highest BCUT2D eigenvalue weighted by Crippen LogP contribution is 2.34. The maximum Gasteiger partial charge on any atom is 0.0123 e. The summed E-state index contributed by atoms with van der Waals surface area (Å²) >= 11 is 0. The lowest BCUT2D eigenvalue weighted by atomic mass is 9.77. The van der Waals surface area contributed by atoms with Gasteiger partial charge in [-0.2, -0.15) is 0 Å². The average molecular weight is 265 g/mol. The van der Waals surface area contributed by atoms with Crippen LogP contribution < -0.4 is 5.32 Å². The Hall–Kier alpha value is -0.0400. The van der Waals surface area contributed by atoms with Crippen molar-refractivity contribution in [3.8, 4) is 0 Å². The molecule has 0 aromatic carbocycles. The zero-order valence-electron chi connectivity index (χ0n) is 13.1. The van der Waals surface area contributed by atoms with Crippen LogP contribution in [-0.4, -0.2) is 12.6 Å². The van der Waals surface area contributed by atoms with E-state index in [4.69, 9.17) is 0 Å². The summed E-state index contributed by atoms with van der Waals surface area (Å²) in [6, 6.07) is 0.834. The molecule has 112 valence electrons. The van der Waals surface area contributed by atoms with E-state index in [0.29, 0.717) is 0 Å². The lowest BCUT2D eigenvalue weighted by Gasteiger charge is -2.35. The molecular formula is C18H35N. The molecule has 0 amide bonds. The Morgan fingerprint density at radius 2 is 1.05 bits per heavy atom. The van der Waals surface area contributed by atoms with E-state index in [1.54, 1.807) is 0 Å². The van der Waals surface area contributed by atoms with Crippen LogP contribution >= 0.6 is 0 Å². The Labute approximate surface area is 120 Å². The molecule has 1 unspecified atom stereocenters. The average Bonchev–Trinajstić information content (AvgIpc) is 2.65. The van der Waals surface area contributed by atoms with E-state index < -0.39 is 0 Å². The van der Waals surface area contributed by atoms with Crippen molar-refractivity contribution in [3.05, 3.63) is 0 Å². The second kappa shape index (κ2) is 9.00. The van der Waals surface area contributed by atoms with E-state index in [-0.39, 0.29) is 0 Å². The van der Waals surface area contributed by atoms with Crippen LogP contribution in [0.4, 0.5) is 0 Å². The van der Waals surface area contributed by atoms with Gasteiger partial charge in [0, 0.05) is 6.04 Å². The molecule has 0 saturated heterocycles. The minimum absolute atomic E-state index is 0.834. The minimum atomic E-state index is 0.834. The number of hydrogen-bond donors (Lipinski definition) is 1. The topological polar surface area (TPSA) is 12.0 Å². The second-order valence-corrected chi connectivity index (χ2v) is 6.94. The predicted molar refractivity (Wildman–Crippen MR) is 84.5 cm³/mol. The van der Waals surface area contributed by atoms with E-state index in [9.17, 15) is 0 Å². The van der Waals surface area contributed by atoms with Crippen molar-refractivity contribution in [3.63, 3.8) is 0 Å². The maximum absolute atomic E-state index is 3.90. The first kappa shape index (κ1) is 15.4. The van der Waals surface area contributed by atoms with E-state index in [0.717, 1.165) is 24.4 Å². The summed E-state index contributed by atoms with van der Waals surface area (Å²) in [6.45, 7) is 3.46. The molecule has 1 heteroatoms. The highest BCUT2D eigenvalue weighted by Gasteiger charge is 2.29. The fraction of sp³-hybridized carbons (Fsp3) is 1.00. The van der Waals surface area contributed by atoms with E-state index in [1.165, 1.54) is 83.5 Å². The summed E-state index contributed by atoms with van der Waals surface area (Å²) in [4.78, 5) is 0. The van der Waals surface area contributed by atoms with Crippen LogP contribution in [0.15, 0.2) is 0 Å². The van der Waals surface area contributed by atoms with Gasteiger partial charge in [-0.25, -0.2) is 0 Å². The van der Waals surface area contributed by atoms with Crippen molar-refractivity contribution in [2.24, 2.45) is 11.8 Å². The van der Waals surface area contributed by atoms with Crippen LogP contribution in [0.25, 0.3) is 0 Å². The molecule has 2 fully saturated rings. The zero-order chi connectivity index (χ0) is 13.3. The summed E-state index contributed by atoms with van der Waals surface area (Å²) in [5.74, 6) is 1.95. The molecule has 1 N–H and O–H groups in total. The molecule has 2 aliphatic carbocycles. The first-order valence-corrected chi connectivity index (χ1v) is 9.15. The Morgan fingerprint density at radius 3 is 1.42 bits per heavy atom. The molecule has 19 heavy (non-hydrogen) atoms. The van der Waals surface area contributed by atoms with Gasteiger partial charge in [-0.15, -0.1) is 0 Å². The lowest BCUT2D eigenvalue weighted by Crippen LogP contribution is -2.42. The third-order valence-electron chi connectivity index (χ3n) is 5.51. The largest absolute Gasteiger partial charge is 0.314 e. The molecule has 2 rings (SSSR count). The third-order valence-corrected chi connectivity index (χ3v) is 5.51. The SMILES string of the molecule is CCNC(C1CCCCCCC1)C1CCCCCC1. The maximum atomic E-state index is 3.90. The van der Waals surface area contributed by atoms with Gasteiger partial charge in [0.05, 0.1) is 0 Å². The molecular weight excluding hydrogens is 230 g/mol. The smallest absolute Gasteiger partial charge is 0.0123 e. The van der Waals surface area contributed by atoms with Crippen molar-refractivity contribution >= 4 is 0 Å². The van der Waals surface area contributed by atoms with Crippen molar-refractivity contribution in [2.75, 3.05) is 6.54 Å². The Bertz CT molecular complexity index is 210. The van der Waals surface area contributed by atoms with Crippen molar-refractivity contribution in [2.45, 2.75) is 96.4 Å². The van der Waals surface area contributed by atoms with Crippen molar-refractivity contribution in [1.29, 1.82) is 0 Å². The monoisotopic (exact) mass is 265 g/mol. The molecule has 0 heterocycles. The lowest BCUT2D eigenvalue weighted by molar-refractivity contribution is 0.204. The number of rotatable bonds is 4. The van der Waals surface area contributed by atoms with E-state index >= 15 is 0 Å². The van der Waals surface area contributed by atoms with Crippen LogP contribution in [0, 0.1) is 11.8 Å². The van der Waals surface area contributed by atoms with Crippen LogP contribution in [-0.2, 0) is 0 Å².